The minimum Gasteiger partial charge on any atom is -0.378 e. The van der Waals surface area contributed by atoms with Gasteiger partial charge in [0.05, 0.1) is 5.69 Å². The Bertz CT molecular complexity index is 464. The van der Waals surface area contributed by atoms with Gasteiger partial charge in [0.2, 0.25) is 0 Å². The fourth-order valence-electron chi connectivity index (χ4n) is 2.21. The largest absolute Gasteiger partial charge is 0.378 e. The average Bonchev–Trinajstić information content (AvgIpc) is 2.54. The zero-order valence-corrected chi connectivity index (χ0v) is 16.0. The van der Waals surface area contributed by atoms with Crippen LogP contribution in [-0.2, 0) is 0 Å². The van der Waals surface area contributed by atoms with Crippen molar-refractivity contribution in [3.05, 3.63) is 30.3 Å². The smallest absolute Gasteiger partial charge is 0.166 e. The molecule has 0 bridgehead atoms. The zero-order valence-electron chi connectivity index (χ0n) is 14.3. The summed E-state index contributed by atoms with van der Waals surface area (Å²) < 4.78 is 0.842. The summed E-state index contributed by atoms with van der Waals surface area (Å²) in [6.45, 7) is 6.47. The summed E-state index contributed by atoms with van der Waals surface area (Å²) in [5.74, 6) is 0. The van der Waals surface area contributed by atoms with E-state index in [0.717, 1.165) is 23.1 Å². The summed E-state index contributed by atoms with van der Waals surface area (Å²) in [4.78, 5) is 6.71. The summed E-state index contributed by atoms with van der Waals surface area (Å²) in [5, 5.41) is 0.511. The molecule has 0 saturated carbocycles. The molecule has 0 aliphatic carbocycles. The summed E-state index contributed by atoms with van der Waals surface area (Å²) in [6, 6.07) is 9.76. The lowest BCUT2D eigenvalue weighted by Gasteiger charge is -2.24. The van der Waals surface area contributed by atoms with Gasteiger partial charge in [-0.1, -0.05) is 69.9 Å². The number of aliphatic imine (C=N–C) groups is 1. The predicted molar refractivity (Wildman–Crippen MR) is 109 cm³/mol. The van der Waals surface area contributed by atoms with Crippen molar-refractivity contribution in [1.82, 2.24) is 4.90 Å². The molecule has 3 nitrogen and oxygen atoms in total. The lowest BCUT2D eigenvalue weighted by atomic mass is 10.2. The summed E-state index contributed by atoms with van der Waals surface area (Å²) in [7, 11) is 0. The van der Waals surface area contributed by atoms with Gasteiger partial charge in [-0.05, 0) is 36.7 Å². The van der Waals surface area contributed by atoms with Crippen LogP contribution in [0.1, 0.15) is 52.4 Å². The number of benzene rings is 1. The van der Waals surface area contributed by atoms with E-state index in [0.29, 0.717) is 5.17 Å². The first-order chi connectivity index (χ1) is 11.2. The number of hydrogen-bond acceptors (Lipinski definition) is 3. The van der Waals surface area contributed by atoms with Gasteiger partial charge < -0.3 is 10.6 Å². The minimum absolute atomic E-state index is 0.511. The Morgan fingerprint density at radius 1 is 1.04 bits per heavy atom. The van der Waals surface area contributed by atoms with E-state index in [4.69, 9.17) is 18.0 Å². The van der Waals surface area contributed by atoms with Gasteiger partial charge in [-0.2, -0.15) is 0 Å². The third kappa shape index (κ3) is 8.96. The van der Waals surface area contributed by atoms with E-state index in [9.17, 15) is 0 Å². The fourth-order valence-corrected chi connectivity index (χ4v) is 3.29. The van der Waals surface area contributed by atoms with E-state index in [1.165, 1.54) is 50.3 Å². The van der Waals surface area contributed by atoms with Crippen LogP contribution in [0, 0.1) is 0 Å². The molecule has 0 radical (unpaired) electrons. The molecule has 0 saturated heterocycles. The number of hydrogen-bond donors (Lipinski definition) is 1. The molecule has 5 heteroatoms. The van der Waals surface area contributed by atoms with Crippen LogP contribution in [-0.4, -0.2) is 27.5 Å². The number of nitrogens with two attached hydrogens (primary N) is 1. The molecule has 1 aromatic rings. The molecule has 23 heavy (non-hydrogen) atoms. The number of rotatable bonds is 9. The molecular weight excluding hydrogens is 322 g/mol. The van der Waals surface area contributed by atoms with E-state index in [-0.39, 0.29) is 0 Å². The molecule has 0 aliphatic heterocycles. The van der Waals surface area contributed by atoms with Crippen molar-refractivity contribution < 1.29 is 0 Å². The highest BCUT2D eigenvalue weighted by molar-refractivity contribution is 8.32. The molecule has 0 heterocycles. The molecule has 2 N–H and O–H groups in total. The first-order valence-corrected chi connectivity index (χ1v) is 9.75. The first kappa shape index (κ1) is 20.0. The highest BCUT2D eigenvalue weighted by Gasteiger charge is 2.11. The number of thiocarbonyl (C=S) groups is 1. The minimum atomic E-state index is 0.511. The lowest BCUT2D eigenvalue weighted by Crippen LogP contribution is -2.31. The number of unbranched alkanes of at least 4 members (excludes halogenated alkanes) is 4. The Balaban J connectivity index is 2.57. The van der Waals surface area contributed by atoms with Crippen molar-refractivity contribution in [3.8, 4) is 0 Å². The average molecular weight is 352 g/mol. The third-order valence-corrected chi connectivity index (χ3v) is 4.75. The van der Waals surface area contributed by atoms with E-state index in [1.54, 1.807) is 0 Å². The molecule has 0 atom stereocenters. The Morgan fingerprint density at radius 2 is 1.61 bits per heavy atom. The molecule has 128 valence electrons. The topological polar surface area (TPSA) is 41.6 Å². The Hall–Kier alpha value is -1.07. The Labute approximate surface area is 150 Å². The van der Waals surface area contributed by atoms with Crippen LogP contribution in [0.4, 0.5) is 5.69 Å². The summed E-state index contributed by atoms with van der Waals surface area (Å²) in [5.41, 5.74) is 6.92. The van der Waals surface area contributed by atoms with Gasteiger partial charge in [-0.3, -0.25) is 0 Å². The number of nitrogens with zero attached hydrogens (tertiary/aromatic N) is 2. The molecule has 0 unspecified atom stereocenters. The molecule has 0 aromatic heterocycles. The molecule has 1 rings (SSSR count). The first-order valence-electron chi connectivity index (χ1n) is 8.53. The lowest BCUT2D eigenvalue weighted by molar-refractivity contribution is 0.402. The molecule has 0 amide bonds. The highest BCUT2D eigenvalue weighted by atomic mass is 32.2. The van der Waals surface area contributed by atoms with Gasteiger partial charge >= 0.3 is 0 Å². The molecular formula is C18H29N3S2. The fraction of sp³-hybridized carbons (Fsp3) is 0.556. The molecule has 0 aliphatic rings. The molecule has 0 spiro atoms. The van der Waals surface area contributed by atoms with Gasteiger partial charge in [0, 0.05) is 13.1 Å². The van der Waals surface area contributed by atoms with Gasteiger partial charge in [0.25, 0.3) is 0 Å². The number of para-hydroxylation sites is 1. The monoisotopic (exact) mass is 351 g/mol. The van der Waals surface area contributed by atoms with Crippen LogP contribution < -0.4 is 5.73 Å². The maximum Gasteiger partial charge on any atom is 0.166 e. The summed E-state index contributed by atoms with van der Waals surface area (Å²) >= 11 is 7.00. The van der Waals surface area contributed by atoms with Crippen LogP contribution in [0.15, 0.2) is 35.3 Å². The van der Waals surface area contributed by atoms with E-state index in [2.05, 4.69) is 23.7 Å². The van der Waals surface area contributed by atoms with Crippen molar-refractivity contribution in [2.75, 3.05) is 13.1 Å². The Morgan fingerprint density at radius 3 is 2.13 bits per heavy atom. The zero-order chi connectivity index (χ0) is 16.9. The van der Waals surface area contributed by atoms with Gasteiger partial charge in [0.1, 0.15) is 4.32 Å². The van der Waals surface area contributed by atoms with Crippen molar-refractivity contribution >= 4 is 39.2 Å². The molecule has 0 fully saturated rings. The highest BCUT2D eigenvalue weighted by Crippen LogP contribution is 2.17. The van der Waals surface area contributed by atoms with Gasteiger partial charge in [-0.15, -0.1) is 0 Å². The van der Waals surface area contributed by atoms with Crippen molar-refractivity contribution in [1.29, 1.82) is 0 Å². The SMILES string of the molecule is CCCCCN(CCCCC)C(=S)SC(N)=Nc1ccccc1. The molecule has 1 aromatic carbocycles. The van der Waals surface area contributed by atoms with Gasteiger partial charge in [-0.25, -0.2) is 4.99 Å². The van der Waals surface area contributed by atoms with Crippen molar-refractivity contribution in [2.45, 2.75) is 52.4 Å². The van der Waals surface area contributed by atoms with Crippen LogP contribution in [0.5, 0.6) is 0 Å². The van der Waals surface area contributed by atoms with E-state index in [1.807, 2.05) is 30.3 Å². The quantitative estimate of drug-likeness (QED) is 0.282. The van der Waals surface area contributed by atoms with Crippen molar-refractivity contribution in [3.63, 3.8) is 0 Å². The second-order valence-corrected chi connectivity index (χ2v) is 7.21. The van der Waals surface area contributed by atoms with Crippen LogP contribution >= 0.6 is 24.0 Å². The van der Waals surface area contributed by atoms with E-state index < -0.39 is 0 Å². The number of amidine groups is 1. The predicted octanol–water partition coefficient (Wildman–Crippen LogP) is 5.33. The number of thioether (sulfide) groups is 1. The van der Waals surface area contributed by atoms with Crippen LogP contribution in [0.3, 0.4) is 0 Å². The maximum absolute atomic E-state index is 6.05. The maximum atomic E-state index is 6.05. The van der Waals surface area contributed by atoms with Crippen LogP contribution in [0.25, 0.3) is 0 Å². The second-order valence-electron chi connectivity index (χ2n) is 5.55. The van der Waals surface area contributed by atoms with Crippen molar-refractivity contribution in [2.24, 2.45) is 10.7 Å². The van der Waals surface area contributed by atoms with Gasteiger partial charge in [0.15, 0.2) is 5.17 Å². The third-order valence-electron chi connectivity index (χ3n) is 3.51. The van der Waals surface area contributed by atoms with E-state index >= 15 is 0 Å². The second kappa shape index (κ2) is 12.4. The standard InChI is InChI=1S/C18H29N3S2/c1-3-5-10-14-21(15-11-6-4-2)18(22)23-17(19)20-16-12-8-7-9-13-16/h7-9,12-13H,3-6,10-11,14-15H2,1-2H3,(H2,19,20). The Kier molecular flexibility index (Phi) is 10.7. The summed E-state index contributed by atoms with van der Waals surface area (Å²) in [6.07, 6.45) is 7.29. The normalized spacial score (nSPS) is 11.5. The van der Waals surface area contributed by atoms with Crippen LogP contribution in [0.2, 0.25) is 0 Å².